The molecule has 2 aromatic rings. The van der Waals surface area contributed by atoms with Gasteiger partial charge in [-0.05, 0) is 18.1 Å². The highest BCUT2D eigenvalue weighted by atomic mass is 14.9. The van der Waals surface area contributed by atoms with Gasteiger partial charge < -0.3 is 5.32 Å². The van der Waals surface area contributed by atoms with Crippen molar-refractivity contribution < 1.29 is 0 Å². The summed E-state index contributed by atoms with van der Waals surface area (Å²) >= 11 is 0. The lowest BCUT2D eigenvalue weighted by molar-refractivity contribution is 0.635. The van der Waals surface area contributed by atoms with E-state index in [1.807, 2.05) is 12.1 Å². The Morgan fingerprint density at radius 2 is 1.56 bits per heavy atom. The molecule has 2 rings (SSSR count). The lowest BCUT2D eigenvalue weighted by atomic mass is 10.1. The van der Waals surface area contributed by atoms with Gasteiger partial charge in [0, 0.05) is 12.6 Å². The Kier molecular flexibility index (Phi) is 4.74. The number of hydrogen-bond donors (Lipinski definition) is 1. The Morgan fingerprint density at radius 1 is 0.944 bits per heavy atom. The van der Waals surface area contributed by atoms with Gasteiger partial charge in [-0.15, -0.1) is 0 Å². The summed E-state index contributed by atoms with van der Waals surface area (Å²) in [6, 6.07) is 21.2. The first-order valence-corrected chi connectivity index (χ1v) is 6.35. The van der Waals surface area contributed by atoms with Crippen molar-refractivity contribution in [1.82, 2.24) is 5.32 Å². The van der Waals surface area contributed by atoms with Crippen LogP contribution in [0, 0.1) is 0 Å². The molecule has 0 aliphatic carbocycles. The first kappa shape index (κ1) is 12.6. The SMILES string of the molecule is C[C@@H](/C=C/c1ccccc1)NCc1ccccc1. The molecule has 1 atom stereocenters. The van der Waals surface area contributed by atoms with Crippen molar-refractivity contribution in [3.05, 3.63) is 77.9 Å². The number of nitrogens with one attached hydrogen (secondary N) is 1. The Bertz CT molecular complexity index is 473. The highest BCUT2D eigenvalue weighted by Gasteiger charge is 1.96. The Morgan fingerprint density at radius 3 is 2.22 bits per heavy atom. The number of rotatable bonds is 5. The smallest absolute Gasteiger partial charge is 0.0228 e. The highest BCUT2D eigenvalue weighted by Crippen LogP contribution is 2.03. The van der Waals surface area contributed by atoms with Crippen LogP contribution in [-0.4, -0.2) is 6.04 Å². The molecule has 0 fully saturated rings. The molecule has 1 nitrogen and oxygen atoms in total. The maximum absolute atomic E-state index is 3.48. The minimum atomic E-state index is 0.366. The topological polar surface area (TPSA) is 12.0 Å². The fourth-order valence-corrected chi connectivity index (χ4v) is 1.76. The Hall–Kier alpha value is -1.86. The van der Waals surface area contributed by atoms with Gasteiger partial charge in [-0.1, -0.05) is 72.8 Å². The molecular formula is C17H19N. The van der Waals surface area contributed by atoms with E-state index in [0.29, 0.717) is 6.04 Å². The monoisotopic (exact) mass is 237 g/mol. The van der Waals surface area contributed by atoms with Crippen molar-refractivity contribution in [3.8, 4) is 0 Å². The summed E-state index contributed by atoms with van der Waals surface area (Å²) in [4.78, 5) is 0. The second kappa shape index (κ2) is 6.77. The maximum atomic E-state index is 3.48. The van der Waals surface area contributed by atoms with Crippen molar-refractivity contribution in [3.63, 3.8) is 0 Å². The first-order valence-electron chi connectivity index (χ1n) is 6.35. The number of hydrogen-bond acceptors (Lipinski definition) is 1. The molecule has 0 radical (unpaired) electrons. The third-order valence-electron chi connectivity index (χ3n) is 2.85. The molecule has 0 spiro atoms. The molecule has 0 aliphatic heterocycles. The van der Waals surface area contributed by atoms with Crippen LogP contribution in [0.3, 0.4) is 0 Å². The van der Waals surface area contributed by atoms with Crippen LogP contribution in [-0.2, 0) is 6.54 Å². The van der Waals surface area contributed by atoms with Gasteiger partial charge in [0.15, 0.2) is 0 Å². The highest BCUT2D eigenvalue weighted by molar-refractivity contribution is 5.49. The van der Waals surface area contributed by atoms with Gasteiger partial charge in [-0.25, -0.2) is 0 Å². The van der Waals surface area contributed by atoms with Crippen molar-refractivity contribution >= 4 is 6.08 Å². The summed E-state index contributed by atoms with van der Waals surface area (Å²) < 4.78 is 0. The van der Waals surface area contributed by atoms with Crippen molar-refractivity contribution in [2.45, 2.75) is 19.5 Å². The van der Waals surface area contributed by atoms with E-state index in [-0.39, 0.29) is 0 Å². The largest absolute Gasteiger partial charge is 0.307 e. The van der Waals surface area contributed by atoms with Crippen LogP contribution >= 0.6 is 0 Å². The van der Waals surface area contributed by atoms with E-state index in [0.717, 1.165) is 6.54 Å². The normalized spacial score (nSPS) is 12.7. The second-order valence-corrected chi connectivity index (χ2v) is 4.42. The Labute approximate surface area is 109 Å². The van der Waals surface area contributed by atoms with Gasteiger partial charge in [-0.3, -0.25) is 0 Å². The average molecular weight is 237 g/mol. The zero-order valence-electron chi connectivity index (χ0n) is 10.7. The molecule has 18 heavy (non-hydrogen) atoms. The zero-order valence-corrected chi connectivity index (χ0v) is 10.7. The molecular weight excluding hydrogens is 218 g/mol. The van der Waals surface area contributed by atoms with Crippen LogP contribution in [0.4, 0.5) is 0 Å². The standard InChI is InChI=1S/C17H19N/c1-15(12-13-16-8-4-2-5-9-16)18-14-17-10-6-3-7-11-17/h2-13,15,18H,14H2,1H3/b13-12+/t15-/m0/s1. The molecule has 0 aliphatic rings. The summed E-state index contributed by atoms with van der Waals surface area (Å²) in [6.07, 6.45) is 4.35. The summed E-state index contributed by atoms with van der Waals surface area (Å²) in [5.41, 5.74) is 2.56. The minimum absolute atomic E-state index is 0.366. The summed E-state index contributed by atoms with van der Waals surface area (Å²) in [6.45, 7) is 3.07. The van der Waals surface area contributed by atoms with Gasteiger partial charge in [0.05, 0.1) is 0 Å². The van der Waals surface area contributed by atoms with Gasteiger partial charge in [-0.2, -0.15) is 0 Å². The molecule has 0 heterocycles. The summed E-state index contributed by atoms with van der Waals surface area (Å²) in [5.74, 6) is 0. The van der Waals surface area contributed by atoms with E-state index in [1.165, 1.54) is 11.1 Å². The maximum Gasteiger partial charge on any atom is 0.0228 e. The van der Waals surface area contributed by atoms with E-state index in [1.54, 1.807) is 0 Å². The van der Waals surface area contributed by atoms with Crippen LogP contribution in [0.1, 0.15) is 18.1 Å². The molecule has 0 unspecified atom stereocenters. The van der Waals surface area contributed by atoms with E-state index in [2.05, 4.69) is 72.9 Å². The fourth-order valence-electron chi connectivity index (χ4n) is 1.76. The zero-order chi connectivity index (χ0) is 12.6. The van der Waals surface area contributed by atoms with Crippen molar-refractivity contribution in [1.29, 1.82) is 0 Å². The second-order valence-electron chi connectivity index (χ2n) is 4.42. The van der Waals surface area contributed by atoms with Gasteiger partial charge in [0.25, 0.3) is 0 Å². The van der Waals surface area contributed by atoms with Crippen LogP contribution in [0.5, 0.6) is 0 Å². The van der Waals surface area contributed by atoms with Gasteiger partial charge in [0.2, 0.25) is 0 Å². The molecule has 92 valence electrons. The third-order valence-corrected chi connectivity index (χ3v) is 2.85. The van der Waals surface area contributed by atoms with E-state index in [9.17, 15) is 0 Å². The van der Waals surface area contributed by atoms with Gasteiger partial charge >= 0.3 is 0 Å². The quantitative estimate of drug-likeness (QED) is 0.832. The van der Waals surface area contributed by atoms with Crippen LogP contribution in [0.15, 0.2) is 66.7 Å². The molecule has 0 saturated carbocycles. The molecule has 0 bridgehead atoms. The Balaban J connectivity index is 1.82. The lowest BCUT2D eigenvalue weighted by Gasteiger charge is -2.09. The third kappa shape index (κ3) is 4.19. The molecule has 0 saturated heterocycles. The van der Waals surface area contributed by atoms with Crippen LogP contribution < -0.4 is 5.32 Å². The molecule has 1 N–H and O–H groups in total. The van der Waals surface area contributed by atoms with E-state index in [4.69, 9.17) is 0 Å². The fraction of sp³-hybridized carbons (Fsp3) is 0.176. The lowest BCUT2D eigenvalue weighted by Crippen LogP contribution is -2.23. The summed E-state index contributed by atoms with van der Waals surface area (Å²) in [5, 5.41) is 3.48. The predicted octanol–water partition coefficient (Wildman–Crippen LogP) is 3.88. The molecule has 0 aromatic heterocycles. The molecule has 2 aromatic carbocycles. The van der Waals surface area contributed by atoms with E-state index < -0.39 is 0 Å². The predicted molar refractivity (Wildman–Crippen MR) is 78.2 cm³/mol. The van der Waals surface area contributed by atoms with Gasteiger partial charge in [0.1, 0.15) is 0 Å². The van der Waals surface area contributed by atoms with Crippen LogP contribution in [0.25, 0.3) is 6.08 Å². The molecule has 0 amide bonds. The number of benzene rings is 2. The molecule has 1 heteroatoms. The minimum Gasteiger partial charge on any atom is -0.307 e. The van der Waals surface area contributed by atoms with E-state index >= 15 is 0 Å². The first-order chi connectivity index (χ1) is 8.84. The van der Waals surface area contributed by atoms with Crippen molar-refractivity contribution in [2.75, 3.05) is 0 Å². The average Bonchev–Trinajstić information content (AvgIpc) is 2.45. The van der Waals surface area contributed by atoms with Crippen molar-refractivity contribution in [2.24, 2.45) is 0 Å². The van der Waals surface area contributed by atoms with Crippen LogP contribution in [0.2, 0.25) is 0 Å². The summed E-state index contributed by atoms with van der Waals surface area (Å²) in [7, 11) is 0.